The first-order chi connectivity index (χ1) is 8.72. The smallest absolute Gasteiger partial charge is 0.165 e. The van der Waals surface area contributed by atoms with Gasteiger partial charge in [0.05, 0.1) is 0 Å². The summed E-state index contributed by atoms with van der Waals surface area (Å²) in [7, 11) is 0. The molecule has 0 aliphatic rings. The third kappa shape index (κ3) is 2.91. The summed E-state index contributed by atoms with van der Waals surface area (Å²) in [5, 5.41) is 0.577. The van der Waals surface area contributed by atoms with Crippen LogP contribution in [-0.4, -0.2) is 0 Å². The standard InChI is InChI=1S/C15H14BrFO/c1-11-5-2-3-6-13(11)10-18-15-12(9-16)7-4-8-14(15)17/h2-8H,9-10H2,1H3. The molecule has 0 bridgehead atoms. The van der Waals surface area contributed by atoms with E-state index in [1.54, 1.807) is 6.07 Å². The van der Waals surface area contributed by atoms with Crippen molar-refractivity contribution in [3.05, 3.63) is 65.0 Å². The lowest BCUT2D eigenvalue weighted by atomic mass is 10.1. The van der Waals surface area contributed by atoms with Gasteiger partial charge in [-0.2, -0.15) is 0 Å². The van der Waals surface area contributed by atoms with Gasteiger partial charge in [-0.15, -0.1) is 0 Å². The monoisotopic (exact) mass is 308 g/mol. The summed E-state index contributed by atoms with van der Waals surface area (Å²) in [5.41, 5.74) is 3.04. The van der Waals surface area contributed by atoms with Crippen molar-refractivity contribution in [3.8, 4) is 5.75 Å². The summed E-state index contributed by atoms with van der Waals surface area (Å²) in [4.78, 5) is 0. The summed E-state index contributed by atoms with van der Waals surface area (Å²) in [5.74, 6) is 0.0122. The first-order valence-corrected chi connectivity index (χ1v) is 6.85. The summed E-state index contributed by atoms with van der Waals surface area (Å²) in [6.45, 7) is 2.40. The average Bonchev–Trinajstić information content (AvgIpc) is 2.39. The van der Waals surface area contributed by atoms with Gasteiger partial charge in [-0.3, -0.25) is 0 Å². The van der Waals surface area contributed by atoms with Gasteiger partial charge in [-0.05, 0) is 24.1 Å². The van der Waals surface area contributed by atoms with Crippen LogP contribution >= 0.6 is 15.9 Å². The van der Waals surface area contributed by atoms with Gasteiger partial charge in [-0.25, -0.2) is 4.39 Å². The molecule has 0 aromatic heterocycles. The van der Waals surface area contributed by atoms with Crippen molar-refractivity contribution in [2.45, 2.75) is 18.9 Å². The second kappa shape index (κ2) is 6.01. The molecule has 0 fully saturated rings. The van der Waals surface area contributed by atoms with Crippen LogP contribution in [0.25, 0.3) is 0 Å². The molecule has 94 valence electrons. The summed E-state index contributed by atoms with van der Waals surface area (Å²) < 4.78 is 19.3. The van der Waals surface area contributed by atoms with Crippen molar-refractivity contribution in [1.82, 2.24) is 0 Å². The molecule has 2 rings (SSSR count). The van der Waals surface area contributed by atoms with Crippen LogP contribution < -0.4 is 4.74 Å². The van der Waals surface area contributed by atoms with E-state index in [9.17, 15) is 4.39 Å². The van der Waals surface area contributed by atoms with E-state index < -0.39 is 0 Å². The highest BCUT2D eigenvalue weighted by molar-refractivity contribution is 9.08. The summed E-state index contributed by atoms with van der Waals surface area (Å²) in [6.07, 6.45) is 0. The minimum atomic E-state index is -0.319. The molecule has 2 aromatic rings. The number of hydrogen-bond donors (Lipinski definition) is 0. The first-order valence-electron chi connectivity index (χ1n) is 5.73. The molecule has 3 heteroatoms. The lowest BCUT2D eigenvalue weighted by Crippen LogP contribution is -2.01. The normalized spacial score (nSPS) is 10.4. The molecule has 0 saturated heterocycles. The zero-order chi connectivity index (χ0) is 13.0. The van der Waals surface area contributed by atoms with Crippen LogP contribution in [0, 0.1) is 12.7 Å². The number of aryl methyl sites for hydroxylation is 1. The number of ether oxygens (including phenoxy) is 1. The maximum Gasteiger partial charge on any atom is 0.165 e. The fourth-order valence-electron chi connectivity index (χ4n) is 1.74. The van der Waals surface area contributed by atoms with Crippen molar-refractivity contribution < 1.29 is 9.13 Å². The Morgan fingerprint density at radius 2 is 1.78 bits per heavy atom. The number of rotatable bonds is 4. The topological polar surface area (TPSA) is 9.23 Å². The van der Waals surface area contributed by atoms with Crippen LogP contribution in [0.5, 0.6) is 5.75 Å². The fourth-order valence-corrected chi connectivity index (χ4v) is 2.18. The third-order valence-corrected chi connectivity index (χ3v) is 3.43. The van der Waals surface area contributed by atoms with E-state index in [0.29, 0.717) is 17.7 Å². The average molecular weight is 309 g/mol. The van der Waals surface area contributed by atoms with Crippen LogP contribution in [0.15, 0.2) is 42.5 Å². The Morgan fingerprint density at radius 1 is 1.06 bits per heavy atom. The predicted molar refractivity (Wildman–Crippen MR) is 74.5 cm³/mol. The van der Waals surface area contributed by atoms with Gasteiger partial charge in [0.25, 0.3) is 0 Å². The van der Waals surface area contributed by atoms with E-state index >= 15 is 0 Å². The summed E-state index contributed by atoms with van der Waals surface area (Å²) in [6, 6.07) is 12.9. The predicted octanol–water partition coefficient (Wildman–Crippen LogP) is 4.61. The Kier molecular flexibility index (Phi) is 4.37. The highest BCUT2D eigenvalue weighted by Gasteiger charge is 2.09. The SMILES string of the molecule is Cc1ccccc1COc1c(F)cccc1CBr. The Bertz CT molecular complexity index is 540. The molecular weight excluding hydrogens is 295 g/mol. The molecule has 0 aliphatic carbocycles. The van der Waals surface area contributed by atoms with E-state index in [2.05, 4.69) is 15.9 Å². The van der Waals surface area contributed by atoms with Crippen LogP contribution in [0.1, 0.15) is 16.7 Å². The van der Waals surface area contributed by atoms with Crippen molar-refractivity contribution in [2.75, 3.05) is 0 Å². The van der Waals surface area contributed by atoms with Gasteiger partial charge in [0.15, 0.2) is 11.6 Å². The van der Waals surface area contributed by atoms with E-state index in [-0.39, 0.29) is 5.82 Å². The Morgan fingerprint density at radius 3 is 2.50 bits per heavy atom. The summed E-state index contributed by atoms with van der Waals surface area (Å²) >= 11 is 3.34. The minimum absolute atomic E-state index is 0.319. The van der Waals surface area contributed by atoms with Crippen molar-refractivity contribution in [3.63, 3.8) is 0 Å². The number of hydrogen-bond acceptors (Lipinski definition) is 1. The molecule has 0 unspecified atom stereocenters. The molecule has 0 amide bonds. The lowest BCUT2D eigenvalue weighted by Gasteiger charge is -2.12. The van der Waals surface area contributed by atoms with Crippen LogP contribution in [0.2, 0.25) is 0 Å². The van der Waals surface area contributed by atoms with E-state index in [1.807, 2.05) is 37.3 Å². The maximum absolute atomic E-state index is 13.7. The van der Waals surface area contributed by atoms with Crippen molar-refractivity contribution >= 4 is 15.9 Å². The molecule has 0 heterocycles. The quantitative estimate of drug-likeness (QED) is 0.750. The third-order valence-electron chi connectivity index (χ3n) is 2.83. The molecule has 0 saturated carbocycles. The van der Waals surface area contributed by atoms with Gasteiger partial charge in [0.1, 0.15) is 6.61 Å². The Labute approximate surface area is 115 Å². The highest BCUT2D eigenvalue weighted by atomic mass is 79.9. The lowest BCUT2D eigenvalue weighted by molar-refractivity contribution is 0.287. The van der Waals surface area contributed by atoms with Crippen LogP contribution in [0.3, 0.4) is 0 Å². The minimum Gasteiger partial charge on any atom is -0.486 e. The second-order valence-corrected chi connectivity index (χ2v) is 4.64. The van der Waals surface area contributed by atoms with Gasteiger partial charge in [0, 0.05) is 10.9 Å². The maximum atomic E-state index is 13.7. The molecule has 0 aliphatic heterocycles. The van der Waals surface area contributed by atoms with Gasteiger partial charge in [-0.1, -0.05) is 52.3 Å². The Hall–Kier alpha value is -1.35. The van der Waals surface area contributed by atoms with Gasteiger partial charge < -0.3 is 4.74 Å². The molecule has 0 radical (unpaired) electrons. The van der Waals surface area contributed by atoms with E-state index in [4.69, 9.17) is 4.74 Å². The van der Waals surface area contributed by atoms with Crippen molar-refractivity contribution in [1.29, 1.82) is 0 Å². The molecule has 0 N–H and O–H groups in total. The number of alkyl halides is 1. The molecule has 0 atom stereocenters. The van der Waals surface area contributed by atoms with Gasteiger partial charge >= 0.3 is 0 Å². The van der Waals surface area contributed by atoms with Gasteiger partial charge in [0.2, 0.25) is 0 Å². The zero-order valence-electron chi connectivity index (χ0n) is 10.1. The van der Waals surface area contributed by atoms with Crippen molar-refractivity contribution in [2.24, 2.45) is 0 Å². The first kappa shape index (κ1) is 13.1. The largest absolute Gasteiger partial charge is 0.486 e. The number of para-hydroxylation sites is 1. The molecule has 0 spiro atoms. The zero-order valence-corrected chi connectivity index (χ0v) is 11.7. The number of benzene rings is 2. The van der Waals surface area contributed by atoms with E-state index in [0.717, 1.165) is 16.7 Å². The van der Waals surface area contributed by atoms with Crippen LogP contribution in [-0.2, 0) is 11.9 Å². The number of halogens is 2. The highest BCUT2D eigenvalue weighted by Crippen LogP contribution is 2.26. The Balaban J connectivity index is 2.18. The van der Waals surface area contributed by atoms with E-state index in [1.165, 1.54) is 6.07 Å². The molecule has 18 heavy (non-hydrogen) atoms. The molecule has 1 nitrogen and oxygen atoms in total. The van der Waals surface area contributed by atoms with Crippen LogP contribution in [0.4, 0.5) is 4.39 Å². The molecular formula is C15H14BrFO. The molecule has 2 aromatic carbocycles. The fraction of sp³-hybridized carbons (Fsp3) is 0.200. The second-order valence-electron chi connectivity index (χ2n) is 4.08.